The number of benzene rings is 1. The van der Waals surface area contributed by atoms with E-state index in [0.29, 0.717) is 11.5 Å². The molecule has 0 aliphatic carbocycles. The Bertz CT molecular complexity index is 987. The molecule has 0 atom stereocenters. The molecule has 3 aromatic rings. The SMILES string of the molecule is Cc1nc(C=Cc2ccc(-c3ccccc3)s2)[nH]c(=O)c1CC(=O)O. The van der Waals surface area contributed by atoms with E-state index in [-0.39, 0.29) is 12.0 Å². The van der Waals surface area contributed by atoms with Crippen LogP contribution in [-0.4, -0.2) is 21.0 Å². The molecule has 0 saturated carbocycles. The monoisotopic (exact) mass is 352 g/mol. The first-order chi connectivity index (χ1) is 12.0. The molecule has 0 bridgehead atoms. The van der Waals surface area contributed by atoms with Crippen molar-refractivity contribution >= 4 is 29.5 Å². The molecule has 0 aliphatic heterocycles. The van der Waals surface area contributed by atoms with Crippen molar-refractivity contribution in [3.63, 3.8) is 0 Å². The first kappa shape index (κ1) is 16.9. The quantitative estimate of drug-likeness (QED) is 0.735. The van der Waals surface area contributed by atoms with Crippen molar-refractivity contribution < 1.29 is 9.90 Å². The number of nitrogens with zero attached hydrogens (tertiary/aromatic N) is 1. The van der Waals surface area contributed by atoms with Crippen LogP contribution in [-0.2, 0) is 11.2 Å². The van der Waals surface area contributed by atoms with Gasteiger partial charge in [-0.2, -0.15) is 0 Å². The van der Waals surface area contributed by atoms with Gasteiger partial charge in [0.05, 0.1) is 6.42 Å². The lowest BCUT2D eigenvalue weighted by molar-refractivity contribution is -0.136. The van der Waals surface area contributed by atoms with Crippen LogP contribution in [0.2, 0.25) is 0 Å². The highest BCUT2D eigenvalue weighted by Crippen LogP contribution is 2.28. The number of aromatic nitrogens is 2. The molecule has 5 nitrogen and oxygen atoms in total. The molecule has 2 heterocycles. The molecular weight excluding hydrogens is 336 g/mol. The Labute approximate surface area is 148 Å². The van der Waals surface area contributed by atoms with Crippen LogP contribution >= 0.6 is 11.3 Å². The number of carbonyl (C=O) groups is 1. The minimum absolute atomic E-state index is 0.187. The predicted molar refractivity (Wildman–Crippen MR) is 99.6 cm³/mol. The smallest absolute Gasteiger partial charge is 0.308 e. The summed E-state index contributed by atoms with van der Waals surface area (Å²) >= 11 is 1.64. The Kier molecular flexibility index (Phi) is 4.90. The summed E-state index contributed by atoms with van der Waals surface area (Å²) in [5.74, 6) is -0.642. The summed E-state index contributed by atoms with van der Waals surface area (Å²) in [6.07, 6.45) is 3.27. The van der Waals surface area contributed by atoms with Crippen LogP contribution in [0.5, 0.6) is 0 Å². The highest BCUT2D eigenvalue weighted by Gasteiger charge is 2.10. The third-order valence-electron chi connectivity index (χ3n) is 3.66. The average molecular weight is 352 g/mol. The van der Waals surface area contributed by atoms with Gasteiger partial charge < -0.3 is 10.1 Å². The zero-order valence-electron chi connectivity index (χ0n) is 13.5. The van der Waals surface area contributed by atoms with Crippen LogP contribution in [0.25, 0.3) is 22.6 Å². The standard InChI is InChI=1S/C19H16N2O3S/c1-12-15(11-18(22)23)19(24)21-17(20-12)10-8-14-7-9-16(25-14)13-5-3-2-4-6-13/h2-10H,11H2,1H3,(H,22,23)(H,20,21,24). The first-order valence-corrected chi connectivity index (χ1v) is 8.49. The summed E-state index contributed by atoms with van der Waals surface area (Å²) in [6.45, 7) is 1.64. The van der Waals surface area contributed by atoms with E-state index in [1.807, 2.05) is 30.3 Å². The van der Waals surface area contributed by atoms with Gasteiger partial charge in [-0.3, -0.25) is 9.59 Å². The number of nitrogens with one attached hydrogen (secondary N) is 1. The summed E-state index contributed by atoms with van der Waals surface area (Å²) in [6, 6.07) is 14.2. The topological polar surface area (TPSA) is 83.0 Å². The minimum atomic E-state index is -1.05. The van der Waals surface area contributed by atoms with Gasteiger partial charge in [0.15, 0.2) is 0 Å². The summed E-state index contributed by atoms with van der Waals surface area (Å²) < 4.78 is 0. The van der Waals surface area contributed by atoms with Gasteiger partial charge in [-0.15, -0.1) is 11.3 Å². The van der Waals surface area contributed by atoms with Crippen molar-refractivity contribution in [2.24, 2.45) is 0 Å². The number of carboxylic acid groups (broad SMARTS) is 1. The second kappa shape index (κ2) is 7.27. The number of hydrogen-bond acceptors (Lipinski definition) is 4. The molecule has 25 heavy (non-hydrogen) atoms. The lowest BCUT2D eigenvalue weighted by Crippen LogP contribution is -2.20. The fourth-order valence-electron chi connectivity index (χ4n) is 2.43. The molecule has 0 radical (unpaired) electrons. The zero-order chi connectivity index (χ0) is 17.8. The van der Waals surface area contributed by atoms with Crippen molar-refractivity contribution in [1.82, 2.24) is 9.97 Å². The van der Waals surface area contributed by atoms with E-state index in [2.05, 4.69) is 28.2 Å². The van der Waals surface area contributed by atoms with E-state index >= 15 is 0 Å². The third kappa shape index (κ3) is 4.10. The first-order valence-electron chi connectivity index (χ1n) is 7.68. The Morgan fingerprint density at radius 1 is 1.20 bits per heavy atom. The van der Waals surface area contributed by atoms with Crippen molar-refractivity contribution in [2.75, 3.05) is 0 Å². The summed E-state index contributed by atoms with van der Waals surface area (Å²) in [4.78, 5) is 31.9. The van der Waals surface area contributed by atoms with Crippen LogP contribution in [0.1, 0.15) is 22.0 Å². The molecule has 2 aromatic heterocycles. The molecule has 0 unspecified atom stereocenters. The van der Waals surface area contributed by atoms with E-state index in [9.17, 15) is 9.59 Å². The van der Waals surface area contributed by atoms with E-state index in [1.165, 1.54) is 0 Å². The van der Waals surface area contributed by atoms with E-state index in [4.69, 9.17) is 5.11 Å². The number of thiophene rings is 1. The highest BCUT2D eigenvalue weighted by atomic mass is 32.1. The number of aryl methyl sites for hydroxylation is 1. The van der Waals surface area contributed by atoms with Gasteiger partial charge in [-0.05, 0) is 36.8 Å². The second-order valence-corrected chi connectivity index (χ2v) is 6.60. The van der Waals surface area contributed by atoms with Crippen LogP contribution in [0.15, 0.2) is 47.3 Å². The van der Waals surface area contributed by atoms with Crippen LogP contribution < -0.4 is 5.56 Å². The Hall–Kier alpha value is -2.99. The van der Waals surface area contributed by atoms with Crippen molar-refractivity contribution in [3.8, 4) is 10.4 Å². The van der Waals surface area contributed by atoms with Gasteiger partial charge in [0, 0.05) is 21.0 Å². The summed E-state index contributed by atoms with van der Waals surface area (Å²) in [5.41, 5.74) is 1.37. The normalized spacial score (nSPS) is 11.1. The van der Waals surface area contributed by atoms with Crippen LogP contribution in [0.3, 0.4) is 0 Å². The summed E-state index contributed by atoms with van der Waals surface area (Å²) in [7, 11) is 0. The molecule has 126 valence electrons. The van der Waals surface area contributed by atoms with Gasteiger partial charge in [0.2, 0.25) is 0 Å². The lowest BCUT2D eigenvalue weighted by atomic mass is 10.2. The number of hydrogen-bond donors (Lipinski definition) is 2. The van der Waals surface area contributed by atoms with E-state index < -0.39 is 11.5 Å². The van der Waals surface area contributed by atoms with E-state index in [1.54, 1.807) is 24.3 Å². The molecule has 0 amide bonds. The number of H-pyrrole nitrogens is 1. The number of aromatic amines is 1. The predicted octanol–water partition coefficient (Wildman–Crippen LogP) is 3.60. The Morgan fingerprint density at radius 3 is 2.64 bits per heavy atom. The molecule has 0 spiro atoms. The number of carboxylic acids is 1. The second-order valence-electron chi connectivity index (χ2n) is 5.49. The highest BCUT2D eigenvalue weighted by molar-refractivity contribution is 7.16. The van der Waals surface area contributed by atoms with Crippen molar-refractivity contribution in [1.29, 1.82) is 0 Å². The molecule has 6 heteroatoms. The molecule has 2 N–H and O–H groups in total. The van der Waals surface area contributed by atoms with Gasteiger partial charge >= 0.3 is 5.97 Å². The average Bonchev–Trinajstić information content (AvgIpc) is 3.06. The molecule has 0 saturated heterocycles. The summed E-state index contributed by atoms with van der Waals surface area (Å²) in [5, 5.41) is 8.84. The molecular formula is C19H16N2O3S. The number of aliphatic carboxylic acids is 1. The molecule has 1 aromatic carbocycles. The maximum Gasteiger partial charge on any atom is 0.308 e. The Morgan fingerprint density at radius 2 is 1.96 bits per heavy atom. The maximum absolute atomic E-state index is 12.0. The third-order valence-corrected chi connectivity index (χ3v) is 4.76. The van der Waals surface area contributed by atoms with Crippen molar-refractivity contribution in [3.05, 3.63) is 74.8 Å². The minimum Gasteiger partial charge on any atom is -0.481 e. The van der Waals surface area contributed by atoms with Crippen LogP contribution in [0, 0.1) is 6.92 Å². The van der Waals surface area contributed by atoms with Gasteiger partial charge in [-0.1, -0.05) is 30.3 Å². The van der Waals surface area contributed by atoms with E-state index in [0.717, 1.165) is 15.3 Å². The molecule has 0 fully saturated rings. The lowest BCUT2D eigenvalue weighted by Gasteiger charge is -2.02. The fourth-order valence-corrected chi connectivity index (χ4v) is 3.35. The largest absolute Gasteiger partial charge is 0.481 e. The van der Waals surface area contributed by atoms with Crippen LogP contribution in [0.4, 0.5) is 0 Å². The molecule has 0 aliphatic rings. The Balaban J connectivity index is 1.82. The molecule has 3 rings (SSSR count). The zero-order valence-corrected chi connectivity index (χ0v) is 14.3. The number of rotatable bonds is 5. The van der Waals surface area contributed by atoms with Gasteiger partial charge in [-0.25, -0.2) is 4.98 Å². The van der Waals surface area contributed by atoms with Gasteiger partial charge in [0.1, 0.15) is 5.82 Å². The van der Waals surface area contributed by atoms with Gasteiger partial charge in [0.25, 0.3) is 5.56 Å². The van der Waals surface area contributed by atoms with Crippen molar-refractivity contribution in [2.45, 2.75) is 13.3 Å². The maximum atomic E-state index is 12.0. The fraction of sp³-hybridized carbons (Fsp3) is 0.105.